The molecule has 0 saturated carbocycles. The first-order valence-corrected chi connectivity index (χ1v) is 10.0. The average Bonchev–Trinajstić information content (AvgIpc) is 3.14. The molecule has 0 atom stereocenters. The van der Waals surface area contributed by atoms with Crippen LogP contribution in [-0.4, -0.2) is 15.6 Å². The van der Waals surface area contributed by atoms with Gasteiger partial charge >= 0.3 is 5.97 Å². The Morgan fingerprint density at radius 3 is 2.52 bits per heavy atom. The van der Waals surface area contributed by atoms with E-state index in [1.54, 1.807) is 18.2 Å². The summed E-state index contributed by atoms with van der Waals surface area (Å²) in [6, 6.07) is 26.0. The van der Waals surface area contributed by atoms with Crippen LogP contribution in [0.1, 0.15) is 21.6 Å². The first-order valence-electron chi connectivity index (χ1n) is 9.58. The third kappa shape index (κ3) is 3.06. The molecule has 5 rings (SSSR count). The zero-order valence-corrected chi connectivity index (χ0v) is 16.6. The number of hydrogen-bond donors (Lipinski definition) is 2. The van der Waals surface area contributed by atoms with E-state index in [9.17, 15) is 9.90 Å². The third-order valence-corrected chi connectivity index (χ3v) is 5.81. The summed E-state index contributed by atoms with van der Waals surface area (Å²) < 4.78 is 2.21. The number of carbonyl (C=O) groups is 1. The van der Waals surface area contributed by atoms with Gasteiger partial charge in [-0.25, -0.2) is 4.79 Å². The molecule has 1 aliphatic carbocycles. The van der Waals surface area contributed by atoms with Crippen molar-refractivity contribution in [2.75, 3.05) is 0 Å². The molecule has 3 nitrogen and oxygen atoms in total. The summed E-state index contributed by atoms with van der Waals surface area (Å²) in [5.41, 5.74) is 8.30. The highest BCUT2D eigenvalue weighted by Gasteiger charge is 2.24. The van der Waals surface area contributed by atoms with Crippen molar-refractivity contribution >= 4 is 18.6 Å². The van der Waals surface area contributed by atoms with Gasteiger partial charge in [-0.2, -0.15) is 0 Å². The fourth-order valence-electron chi connectivity index (χ4n) is 4.23. The Bertz CT molecular complexity index is 1260. The van der Waals surface area contributed by atoms with Crippen LogP contribution in [-0.2, 0) is 12.8 Å². The molecule has 0 saturated heterocycles. The number of benzene rings is 3. The minimum atomic E-state index is -0.919. The lowest BCUT2D eigenvalue weighted by Crippen LogP contribution is -2.09. The molecule has 0 amide bonds. The maximum Gasteiger partial charge on any atom is 0.335 e. The van der Waals surface area contributed by atoms with Crippen LogP contribution >= 0.6 is 12.6 Å². The highest BCUT2D eigenvalue weighted by atomic mass is 32.1. The number of nitrogens with zero attached hydrogens (tertiary/aromatic N) is 1. The van der Waals surface area contributed by atoms with Crippen LogP contribution < -0.4 is 0 Å². The normalized spacial score (nSPS) is 12.3. The molecule has 1 aromatic heterocycles. The highest BCUT2D eigenvalue weighted by molar-refractivity contribution is 7.80. The van der Waals surface area contributed by atoms with Gasteiger partial charge in [0.05, 0.1) is 11.3 Å². The molecule has 1 aliphatic rings. The predicted octanol–water partition coefficient (Wildman–Crippen LogP) is 5.90. The molecule has 4 heteroatoms. The number of hydrogen-bond acceptors (Lipinski definition) is 2. The molecular formula is C25H19NO2S. The Kier molecular flexibility index (Phi) is 4.29. The van der Waals surface area contributed by atoms with E-state index in [0.29, 0.717) is 0 Å². The molecule has 0 unspecified atom stereocenters. The van der Waals surface area contributed by atoms with Crippen LogP contribution in [0.2, 0.25) is 0 Å². The van der Waals surface area contributed by atoms with Gasteiger partial charge in [-0.1, -0.05) is 42.5 Å². The standard InChI is InChI=1S/C25H19NO2S/c27-25(28)18-7-3-8-19(13-18)26-23-12-11-16-5-1-2-10-21(16)22(23)15-24(26)17-6-4-9-20(29)14-17/h1-10,13-15,29H,11-12H2,(H,27,28). The van der Waals surface area contributed by atoms with E-state index in [2.05, 4.69) is 53.6 Å². The molecule has 0 spiro atoms. The minimum absolute atomic E-state index is 0.287. The maximum atomic E-state index is 11.6. The molecule has 0 radical (unpaired) electrons. The molecule has 1 heterocycles. The number of carboxylic acid groups (broad SMARTS) is 1. The second kappa shape index (κ2) is 6.98. The van der Waals surface area contributed by atoms with Crippen LogP contribution in [0.5, 0.6) is 0 Å². The van der Waals surface area contributed by atoms with Gasteiger partial charge in [0.2, 0.25) is 0 Å². The van der Waals surface area contributed by atoms with Gasteiger partial charge in [0.1, 0.15) is 0 Å². The molecule has 0 aliphatic heterocycles. The Hall–Kier alpha value is -3.24. The summed E-state index contributed by atoms with van der Waals surface area (Å²) in [6.07, 6.45) is 1.88. The van der Waals surface area contributed by atoms with Crippen LogP contribution in [0.25, 0.3) is 28.1 Å². The van der Waals surface area contributed by atoms with Crippen LogP contribution in [0.4, 0.5) is 0 Å². The molecular weight excluding hydrogens is 378 g/mol. The average molecular weight is 397 g/mol. The van der Waals surface area contributed by atoms with Crippen molar-refractivity contribution in [2.24, 2.45) is 0 Å². The van der Waals surface area contributed by atoms with Crippen molar-refractivity contribution in [2.45, 2.75) is 17.7 Å². The number of aryl methyl sites for hydroxylation is 1. The van der Waals surface area contributed by atoms with Crippen molar-refractivity contribution in [3.05, 3.63) is 95.7 Å². The number of carboxylic acids is 1. The maximum absolute atomic E-state index is 11.6. The fourth-order valence-corrected chi connectivity index (χ4v) is 4.46. The summed E-state index contributed by atoms with van der Waals surface area (Å²) >= 11 is 4.52. The largest absolute Gasteiger partial charge is 0.478 e. The van der Waals surface area contributed by atoms with Gasteiger partial charge in [0, 0.05) is 21.8 Å². The predicted molar refractivity (Wildman–Crippen MR) is 118 cm³/mol. The van der Waals surface area contributed by atoms with Gasteiger partial charge < -0.3 is 9.67 Å². The Labute approximate surface area is 174 Å². The van der Waals surface area contributed by atoms with Crippen LogP contribution in [0, 0.1) is 0 Å². The van der Waals surface area contributed by atoms with Crippen molar-refractivity contribution in [3.8, 4) is 28.1 Å². The Morgan fingerprint density at radius 1 is 0.862 bits per heavy atom. The molecule has 29 heavy (non-hydrogen) atoms. The summed E-state index contributed by atoms with van der Waals surface area (Å²) in [7, 11) is 0. The first-order chi connectivity index (χ1) is 14.1. The van der Waals surface area contributed by atoms with Gasteiger partial charge in [-0.15, -0.1) is 12.6 Å². The van der Waals surface area contributed by atoms with E-state index >= 15 is 0 Å². The molecule has 0 bridgehead atoms. The van der Waals surface area contributed by atoms with E-state index in [4.69, 9.17) is 0 Å². The molecule has 1 N–H and O–H groups in total. The van der Waals surface area contributed by atoms with Gasteiger partial charge in [0.25, 0.3) is 0 Å². The second-order valence-corrected chi connectivity index (χ2v) is 7.80. The third-order valence-electron chi connectivity index (χ3n) is 5.53. The summed E-state index contributed by atoms with van der Waals surface area (Å²) in [4.78, 5) is 12.5. The van der Waals surface area contributed by atoms with Gasteiger partial charge in [0.15, 0.2) is 0 Å². The van der Waals surface area contributed by atoms with Gasteiger partial charge in [-0.3, -0.25) is 0 Å². The number of aromatic nitrogens is 1. The summed E-state index contributed by atoms with van der Waals surface area (Å²) in [6.45, 7) is 0. The van der Waals surface area contributed by atoms with Crippen molar-refractivity contribution in [3.63, 3.8) is 0 Å². The lowest BCUT2D eigenvalue weighted by atomic mass is 9.90. The number of aromatic carboxylic acids is 1. The smallest absolute Gasteiger partial charge is 0.335 e. The van der Waals surface area contributed by atoms with Crippen LogP contribution in [0.15, 0.2) is 83.8 Å². The molecule has 142 valence electrons. The zero-order chi connectivity index (χ0) is 20.0. The number of fused-ring (bicyclic) bond motifs is 3. The van der Waals surface area contributed by atoms with E-state index < -0.39 is 5.97 Å². The van der Waals surface area contributed by atoms with Crippen LogP contribution in [0.3, 0.4) is 0 Å². The van der Waals surface area contributed by atoms with Crippen molar-refractivity contribution in [1.82, 2.24) is 4.57 Å². The zero-order valence-electron chi connectivity index (χ0n) is 15.7. The summed E-state index contributed by atoms with van der Waals surface area (Å²) in [5, 5.41) is 9.48. The van der Waals surface area contributed by atoms with E-state index in [1.165, 1.54) is 22.4 Å². The number of rotatable bonds is 3. The fraction of sp³-hybridized carbons (Fsp3) is 0.0800. The molecule has 4 aromatic rings. The SMILES string of the molecule is O=C(O)c1cccc(-n2c(-c3cccc(S)c3)cc3c2CCc2ccccc2-3)c1. The highest BCUT2D eigenvalue weighted by Crippen LogP contribution is 2.40. The Balaban J connectivity index is 1.81. The molecule has 3 aromatic carbocycles. The van der Waals surface area contributed by atoms with Gasteiger partial charge in [-0.05, 0) is 65.9 Å². The quantitative estimate of drug-likeness (QED) is 0.423. The van der Waals surface area contributed by atoms with E-state index in [1.807, 2.05) is 24.3 Å². The summed E-state index contributed by atoms with van der Waals surface area (Å²) in [5.74, 6) is -0.919. The molecule has 0 fully saturated rings. The number of thiol groups is 1. The lowest BCUT2D eigenvalue weighted by Gasteiger charge is -2.20. The van der Waals surface area contributed by atoms with Crippen molar-refractivity contribution < 1.29 is 9.90 Å². The Morgan fingerprint density at radius 2 is 1.69 bits per heavy atom. The van der Waals surface area contributed by atoms with Crippen molar-refractivity contribution in [1.29, 1.82) is 0 Å². The van der Waals surface area contributed by atoms with E-state index in [0.717, 1.165) is 34.7 Å². The second-order valence-electron chi connectivity index (χ2n) is 7.29. The topological polar surface area (TPSA) is 42.2 Å². The van der Waals surface area contributed by atoms with E-state index in [-0.39, 0.29) is 5.56 Å². The lowest BCUT2D eigenvalue weighted by molar-refractivity contribution is 0.0697. The first kappa shape index (κ1) is 17.8. The minimum Gasteiger partial charge on any atom is -0.478 e. The monoisotopic (exact) mass is 397 g/mol.